The van der Waals surface area contributed by atoms with Gasteiger partial charge in [0.05, 0.1) is 6.10 Å². The lowest BCUT2D eigenvalue weighted by atomic mass is 10.1. The molecule has 50 valence electrons. The molecule has 1 aliphatic heterocycles. The van der Waals surface area contributed by atoms with Crippen molar-refractivity contribution in [3.8, 4) is 12.3 Å². The molecule has 9 heavy (non-hydrogen) atoms. The molecular formula is C7H10O2. The maximum absolute atomic E-state index is 9.00. The van der Waals surface area contributed by atoms with Crippen LogP contribution in [0.5, 0.6) is 0 Å². The molecule has 0 bridgehead atoms. The van der Waals surface area contributed by atoms with E-state index in [2.05, 4.69) is 5.92 Å². The highest BCUT2D eigenvalue weighted by Gasteiger charge is 2.21. The Morgan fingerprint density at radius 1 is 1.78 bits per heavy atom. The van der Waals surface area contributed by atoms with E-state index in [1.54, 1.807) is 0 Å². The minimum atomic E-state index is -0.701. The summed E-state index contributed by atoms with van der Waals surface area (Å²) in [6.07, 6.45) is 6.08. The molecule has 1 saturated heterocycles. The van der Waals surface area contributed by atoms with Gasteiger partial charge >= 0.3 is 0 Å². The third kappa shape index (κ3) is 1.44. The van der Waals surface area contributed by atoms with E-state index in [4.69, 9.17) is 16.3 Å². The molecule has 0 aromatic carbocycles. The van der Waals surface area contributed by atoms with Crippen LogP contribution in [-0.4, -0.2) is 23.9 Å². The van der Waals surface area contributed by atoms with Gasteiger partial charge in [-0.25, -0.2) is 0 Å². The summed E-state index contributed by atoms with van der Waals surface area (Å²) in [5.41, 5.74) is 0. The molecule has 1 N–H and O–H groups in total. The zero-order valence-electron chi connectivity index (χ0n) is 5.21. The molecule has 0 aliphatic carbocycles. The van der Waals surface area contributed by atoms with Gasteiger partial charge in [-0.2, -0.15) is 0 Å². The number of aliphatic hydroxyl groups is 1. The topological polar surface area (TPSA) is 29.5 Å². The van der Waals surface area contributed by atoms with E-state index in [1.807, 2.05) is 0 Å². The van der Waals surface area contributed by atoms with Crippen LogP contribution in [0.15, 0.2) is 0 Å². The predicted molar refractivity (Wildman–Crippen MR) is 33.8 cm³/mol. The molecular weight excluding hydrogens is 116 g/mol. The maximum atomic E-state index is 9.00. The van der Waals surface area contributed by atoms with Crippen LogP contribution in [0, 0.1) is 12.3 Å². The van der Waals surface area contributed by atoms with Gasteiger partial charge in [0, 0.05) is 6.61 Å². The van der Waals surface area contributed by atoms with Crippen LogP contribution in [0.2, 0.25) is 0 Å². The van der Waals surface area contributed by atoms with Gasteiger partial charge in [0.2, 0.25) is 0 Å². The van der Waals surface area contributed by atoms with Gasteiger partial charge in [0.1, 0.15) is 6.10 Å². The zero-order chi connectivity index (χ0) is 6.69. The van der Waals surface area contributed by atoms with Crippen LogP contribution in [-0.2, 0) is 4.74 Å². The molecule has 0 saturated carbocycles. The van der Waals surface area contributed by atoms with Crippen molar-refractivity contribution in [3.05, 3.63) is 0 Å². The molecule has 0 aromatic rings. The molecule has 1 rings (SSSR count). The van der Waals surface area contributed by atoms with Gasteiger partial charge in [-0.15, -0.1) is 6.42 Å². The van der Waals surface area contributed by atoms with Crippen LogP contribution in [0.25, 0.3) is 0 Å². The Hall–Kier alpha value is -0.520. The SMILES string of the molecule is C#CC(O)C1CCCO1. The monoisotopic (exact) mass is 126 g/mol. The Morgan fingerprint density at radius 3 is 3.00 bits per heavy atom. The molecule has 0 amide bonds. The lowest BCUT2D eigenvalue weighted by Gasteiger charge is -2.09. The van der Waals surface area contributed by atoms with Crippen LogP contribution >= 0.6 is 0 Å². The Bertz CT molecular complexity index is 119. The molecule has 1 fully saturated rings. The first-order valence-electron chi connectivity index (χ1n) is 3.10. The summed E-state index contributed by atoms with van der Waals surface area (Å²) in [6.45, 7) is 0.739. The maximum Gasteiger partial charge on any atom is 0.140 e. The summed E-state index contributed by atoms with van der Waals surface area (Å²) in [5, 5.41) is 9.00. The Labute approximate surface area is 54.8 Å². The van der Waals surface area contributed by atoms with Crippen molar-refractivity contribution in [2.75, 3.05) is 6.61 Å². The molecule has 2 heteroatoms. The van der Waals surface area contributed by atoms with Crippen molar-refractivity contribution in [2.45, 2.75) is 25.0 Å². The molecule has 0 aromatic heterocycles. The number of hydrogen-bond donors (Lipinski definition) is 1. The van der Waals surface area contributed by atoms with Crippen molar-refractivity contribution < 1.29 is 9.84 Å². The Kier molecular flexibility index (Phi) is 2.10. The minimum Gasteiger partial charge on any atom is -0.378 e. The molecule has 0 spiro atoms. The van der Waals surface area contributed by atoms with E-state index in [0.717, 1.165) is 19.4 Å². The lowest BCUT2D eigenvalue weighted by Crippen LogP contribution is -2.22. The number of terminal acetylenes is 1. The third-order valence-electron chi connectivity index (χ3n) is 1.49. The van der Waals surface area contributed by atoms with Gasteiger partial charge in [-0.3, -0.25) is 0 Å². The Balaban J connectivity index is 2.34. The standard InChI is InChI=1S/C7H10O2/c1-2-6(8)7-4-3-5-9-7/h1,6-8H,3-5H2. The second-order valence-corrected chi connectivity index (χ2v) is 2.16. The van der Waals surface area contributed by atoms with E-state index >= 15 is 0 Å². The summed E-state index contributed by atoms with van der Waals surface area (Å²) in [4.78, 5) is 0. The Morgan fingerprint density at radius 2 is 2.56 bits per heavy atom. The van der Waals surface area contributed by atoms with E-state index in [9.17, 15) is 0 Å². The average Bonchev–Trinajstić information content (AvgIpc) is 2.37. The second kappa shape index (κ2) is 2.86. The largest absolute Gasteiger partial charge is 0.378 e. The summed E-state index contributed by atoms with van der Waals surface area (Å²) < 4.78 is 5.11. The second-order valence-electron chi connectivity index (χ2n) is 2.16. The normalized spacial score (nSPS) is 29.6. The van der Waals surface area contributed by atoms with E-state index < -0.39 is 6.10 Å². The summed E-state index contributed by atoms with van der Waals surface area (Å²) in [5.74, 6) is 2.24. The fourth-order valence-electron chi connectivity index (χ4n) is 0.959. The van der Waals surface area contributed by atoms with Crippen molar-refractivity contribution >= 4 is 0 Å². The van der Waals surface area contributed by atoms with Gasteiger partial charge in [-0.05, 0) is 12.8 Å². The minimum absolute atomic E-state index is 0.102. The van der Waals surface area contributed by atoms with Crippen molar-refractivity contribution in [2.24, 2.45) is 0 Å². The number of hydrogen-bond acceptors (Lipinski definition) is 2. The van der Waals surface area contributed by atoms with Crippen molar-refractivity contribution in [1.29, 1.82) is 0 Å². The highest BCUT2D eigenvalue weighted by atomic mass is 16.5. The third-order valence-corrected chi connectivity index (χ3v) is 1.49. The van der Waals surface area contributed by atoms with Gasteiger partial charge < -0.3 is 9.84 Å². The van der Waals surface area contributed by atoms with Gasteiger partial charge in [-0.1, -0.05) is 5.92 Å². The van der Waals surface area contributed by atoms with Crippen molar-refractivity contribution in [1.82, 2.24) is 0 Å². The molecule has 2 unspecified atom stereocenters. The van der Waals surface area contributed by atoms with E-state index in [-0.39, 0.29) is 6.10 Å². The fourth-order valence-corrected chi connectivity index (χ4v) is 0.959. The molecule has 1 heterocycles. The zero-order valence-corrected chi connectivity index (χ0v) is 5.21. The first kappa shape index (κ1) is 6.60. The number of rotatable bonds is 1. The molecule has 2 atom stereocenters. The van der Waals surface area contributed by atoms with Gasteiger partial charge in [0.25, 0.3) is 0 Å². The van der Waals surface area contributed by atoms with E-state index in [0.29, 0.717) is 0 Å². The first-order chi connectivity index (χ1) is 4.34. The summed E-state index contributed by atoms with van der Waals surface area (Å²) >= 11 is 0. The summed E-state index contributed by atoms with van der Waals surface area (Å²) in [7, 11) is 0. The van der Waals surface area contributed by atoms with Gasteiger partial charge in [0.15, 0.2) is 0 Å². The smallest absolute Gasteiger partial charge is 0.140 e. The number of aliphatic hydroxyl groups excluding tert-OH is 1. The van der Waals surface area contributed by atoms with Crippen LogP contribution in [0.3, 0.4) is 0 Å². The van der Waals surface area contributed by atoms with Crippen LogP contribution in [0.1, 0.15) is 12.8 Å². The van der Waals surface area contributed by atoms with E-state index in [1.165, 1.54) is 0 Å². The quantitative estimate of drug-likeness (QED) is 0.507. The number of ether oxygens (including phenoxy) is 1. The van der Waals surface area contributed by atoms with Crippen molar-refractivity contribution in [3.63, 3.8) is 0 Å². The fraction of sp³-hybridized carbons (Fsp3) is 0.714. The molecule has 0 radical (unpaired) electrons. The van der Waals surface area contributed by atoms with Crippen LogP contribution in [0.4, 0.5) is 0 Å². The lowest BCUT2D eigenvalue weighted by molar-refractivity contribution is 0.0273. The average molecular weight is 126 g/mol. The molecule has 1 aliphatic rings. The first-order valence-corrected chi connectivity index (χ1v) is 3.10. The molecule has 2 nitrogen and oxygen atoms in total. The predicted octanol–water partition coefficient (Wildman–Crippen LogP) is 0.159. The summed E-state index contributed by atoms with van der Waals surface area (Å²) in [6, 6.07) is 0. The highest BCUT2D eigenvalue weighted by molar-refractivity contribution is 4.98. The van der Waals surface area contributed by atoms with Crippen LogP contribution < -0.4 is 0 Å². The highest BCUT2D eigenvalue weighted by Crippen LogP contribution is 2.14.